The average molecular weight is 300 g/mol. The Morgan fingerprint density at radius 2 is 2.35 bits per heavy atom. The van der Waals surface area contributed by atoms with E-state index in [4.69, 9.17) is 9.47 Å². The minimum absolute atomic E-state index is 0.240. The summed E-state index contributed by atoms with van der Waals surface area (Å²) in [5.41, 5.74) is 2.60. The van der Waals surface area contributed by atoms with Crippen LogP contribution < -0.4 is 10.1 Å². The van der Waals surface area contributed by atoms with Gasteiger partial charge in [0.2, 0.25) is 0 Å². The van der Waals surface area contributed by atoms with Crippen molar-refractivity contribution in [3.8, 4) is 5.75 Å². The van der Waals surface area contributed by atoms with E-state index in [-0.39, 0.29) is 6.04 Å². The summed E-state index contributed by atoms with van der Waals surface area (Å²) in [7, 11) is 1.96. The second-order valence-electron chi connectivity index (χ2n) is 4.07. The van der Waals surface area contributed by atoms with Crippen LogP contribution in [-0.2, 0) is 11.2 Å². The third-order valence-electron chi connectivity index (χ3n) is 3.02. The molecule has 0 aliphatic carbocycles. The Labute approximate surface area is 111 Å². The van der Waals surface area contributed by atoms with E-state index < -0.39 is 0 Å². The quantitative estimate of drug-likeness (QED) is 0.931. The zero-order chi connectivity index (χ0) is 12.3. The summed E-state index contributed by atoms with van der Waals surface area (Å²) < 4.78 is 12.3. The molecule has 1 aliphatic heterocycles. The molecule has 0 saturated heterocycles. The predicted octanol–water partition coefficient (Wildman–Crippen LogP) is 2.68. The van der Waals surface area contributed by atoms with Crippen LogP contribution >= 0.6 is 15.9 Å². The van der Waals surface area contributed by atoms with Gasteiger partial charge in [0.05, 0.1) is 25.9 Å². The number of nitrogens with one attached hydrogen (secondary N) is 1. The number of ether oxygens (including phenoxy) is 2. The Morgan fingerprint density at radius 1 is 1.53 bits per heavy atom. The highest BCUT2D eigenvalue weighted by Crippen LogP contribution is 2.33. The SMILES string of the molecule is CCOc1cc(Br)c2c(c1)C(NC)COCC2. The fourth-order valence-electron chi connectivity index (χ4n) is 2.16. The molecule has 0 fully saturated rings. The van der Waals surface area contributed by atoms with Crippen molar-refractivity contribution >= 4 is 15.9 Å². The molecule has 1 aliphatic rings. The van der Waals surface area contributed by atoms with Crippen LogP contribution in [0.5, 0.6) is 5.75 Å². The fraction of sp³-hybridized carbons (Fsp3) is 0.538. The fourth-order valence-corrected chi connectivity index (χ4v) is 2.81. The molecule has 94 valence electrons. The summed E-state index contributed by atoms with van der Waals surface area (Å²) in [6, 6.07) is 4.41. The van der Waals surface area contributed by atoms with Crippen molar-refractivity contribution in [3.05, 3.63) is 27.7 Å². The van der Waals surface area contributed by atoms with Crippen molar-refractivity contribution in [1.29, 1.82) is 0 Å². The van der Waals surface area contributed by atoms with Crippen LogP contribution in [0.15, 0.2) is 16.6 Å². The molecule has 1 atom stereocenters. The van der Waals surface area contributed by atoms with Gasteiger partial charge in [0, 0.05) is 4.47 Å². The van der Waals surface area contributed by atoms with Crippen molar-refractivity contribution in [2.24, 2.45) is 0 Å². The molecule has 4 heteroatoms. The lowest BCUT2D eigenvalue weighted by atomic mass is 9.99. The maximum atomic E-state index is 5.61. The van der Waals surface area contributed by atoms with Crippen LogP contribution in [0.25, 0.3) is 0 Å². The van der Waals surface area contributed by atoms with E-state index in [2.05, 4.69) is 27.3 Å². The van der Waals surface area contributed by atoms with Gasteiger partial charge < -0.3 is 14.8 Å². The van der Waals surface area contributed by atoms with Crippen molar-refractivity contribution < 1.29 is 9.47 Å². The molecular formula is C13H18BrNO2. The lowest BCUT2D eigenvalue weighted by Crippen LogP contribution is -2.21. The first kappa shape index (κ1) is 12.9. The summed E-state index contributed by atoms with van der Waals surface area (Å²) in [5, 5.41) is 3.30. The van der Waals surface area contributed by atoms with E-state index in [1.165, 1.54) is 11.1 Å². The van der Waals surface area contributed by atoms with E-state index in [9.17, 15) is 0 Å². The van der Waals surface area contributed by atoms with Crippen molar-refractivity contribution in [3.63, 3.8) is 0 Å². The molecule has 1 aromatic rings. The molecule has 0 saturated carbocycles. The van der Waals surface area contributed by atoms with Gasteiger partial charge in [0.25, 0.3) is 0 Å². The predicted molar refractivity (Wildman–Crippen MR) is 71.6 cm³/mol. The topological polar surface area (TPSA) is 30.5 Å². The molecule has 0 amide bonds. The molecule has 0 aromatic heterocycles. The van der Waals surface area contributed by atoms with E-state index in [1.807, 2.05) is 20.0 Å². The molecule has 1 N–H and O–H groups in total. The number of hydrogen-bond acceptors (Lipinski definition) is 3. The summed E-state index contributed by atoms with van der Waals surface area (Å²) in [6.07, 6.45) is 0.945. The third kappa shape index (κ3) is 2.81. The van der Waals surface area contributed by atoms with E-state index in [0.717, 1.165) is 23.2 Å². The maximum absolute atomic E-state index is 5.61. The molecule has 17 heavy (non-hydrogen) atoms. The number of fused-ring (bicyclic) bond motifs is 1. The Kier molecular flexibility index (Phi) is 4.42. The molecule has 1 aromatic carbocycles. The lowest BCUT2D eigenvalue weighted by molar-refractivity contribution is 0.123. The minimum atomic E-state index is 0.240. The summed E-state index contributed by atoms with van der Waals surface area (Å²) >= 11 is 3.63. The van der Waals surface area contributed by atoms with Gasteiger partial charge in [0.15, 0.2) is 0 Å². The Balaban J connectivity index is 2.43. The van der Waals surface area contributed by atoms with Gasteiger partial charge in [0.1, 0.15) is 5.75 Å². The number of rotatable bonds is 3. The lowest BCUT2D eigenvalue weighted by Gasteiger charge is -2.18. The normalized spacial score (nSPS) is 19.6. The molecule has 3 nitrogen and oxygen atoms in total. The van der Waals surface area contributed by atoms with Crippen LogP contribution in [0.1, 0.15) is 24.1 Å². The highest BCUT2D eigenvalue weighted by atomic mass is 79.9. The van der Waals surface area contributed by atoms with Crippen molar-refractivity contribution in [2.45, 2.75) is 19.4 Å². The van der Waals surface area contributed by atoms with Crippen LogP contribution in [0.3, 0.4) is 0 Å². The van der Waals surface area contributed by atoms with Crippen LogP contribution in [0.4, 0.5) is 0 Å². The van der Waals surface area contributed by atoms with Crippen LogP contribution in [-0.4, -0.2) is 26.9 Å². The molecule has 0 bridgehead atoms. The number of likely N-dealkylation sites (N-methyl/N-ethyl adjacent to an activating group) is 1. The first-order chi connectivity index (χ1) is 8.26. The van der Waals surface area contributed by atoms with Gasteiger partial charge in [-0.05, 0) is 43.7 Å². The Hall–Kier alpha value is -0.580. The van der Waals surface area contributed by atoms with Crippen LogP contribution in [0, 0.1) is 0 Å². The first-order valence-electron chi connectivity index (χ1n) is 5.96. The van der Waals surface area contributed by atoms with Crippen molar-refractivity contribution in [2.75, 3.05) is 26.9 Å². The van der Waals surface area contributed by atoms with Gasteiger partial charge in [-0.15, -0.1) is 0 Å². The first-order valence-corrected chi connectivity index (χ1v) is 6.75. The van der Waals surface area contributed by atoms with Crippen LogP contribution in [0.2, 0.25) is 0 Å². The highest BCUT2D eigenvalue weighted by Gasteiger charge is 2.20. The zero-order valence-corrected chi connectivity index (χ0v) is 11.8. The minimum Gasteiger partial charge on any atom is -0.494 e. The van der Waals surface area contributed by atoms with Crippen molar-refractivity contribution in [1.82, 2.24) is 5.32 Å². The number of halogens is 1. The summed E-state index contributed by atoms with van der Waals surface area (Å²) in [6.45, 7) is 4.17. The monoisotopic (exact) mass is 299 g/mol. The van der Waals surface area contributed by atoms with Gasteiger partial charge in [-0.1, -0.05) is 15.9 Å². The molecule has 2 rings (SSSR count). The van der Waals surface area contributed by atoms with Gasteiger partial charge in [-0.3, -0.25) is 0 Å². The zero-order valence-electron chi connectivity index (χ0n) is 10.3. The standard InChI is InChI=1S/C13H18BrNO2/c1-3-17-9-6-11-10(12(14)7-9)4-5-16-8-13(11)15-2/h6-7,13,15H,3-5,8H2,1-2H3. The van der Waals surface area contributed by atoms with E-state index in [1.54, 1.807) is 0 Å². The molecule has 0 spiro atoms. The second-order valence-corrected chi connectivity index (χ2v) is 4.93. The maximum Gasteiger partial charge on any atom is 0.120 e. The van der Waals surface area contributed by atoms with Gasteiger partial charge >= 0.3 is 0 Å². The van der Waals surface area contributed by atoms with Gasteiger partial charge in [-0.25, -0.2) is 0 Å². The summed E-state index contributed by atoms with van der Waals surface area (Å²) in [4.78, 5) is 0. The molecular weight excluding hydrogens is 282 g/mol. The van der Waals surface area contributed by atoms with Gasteiger partial charge in [-0.2, -0.15) is 0 Å². The Bertz CT molecular complexity index is 395. The number of benzene rings is 1. The summed E-state index contributed by atoms with van der Waals surface area (Å²) in [5.74, 6) is 0.917. The third-order valence-corrected chi connectivity index (χ3v) is 3.73. The molecule has 0 radical (unpaired) electrons. The van der Waals surface area contributed by atoms with E-state index >= 15 is 0 Å². The largest absolute Gasteiger partial charge is 0.494 e. The second kappa shape index (κ2) is 5.85. The molecule has 1 unspecified atom stereocenters. The van der Waals surface area contributed by atoms with E-state index in [0.29, 0.717) is 13.2 Å². The average Bonchev–Trinajstić information content (AvgIpc) is 2.51. The molecule has 1 heterocycles. The highest BCUT2D eigenvalue weighted by molar-refractivity contribution is 9.10. The Morgan fingerprint density at radius 3 is 3.06 bits per heavy atom. The smallest absolute Gasteiger partial charge is 0.120 e. The number of hydrogen-bond donors (Lipinski definition) is 1.